The number of rotatable bonds is 7. The van der Waals surface area contributed by atoms with Gasteiger partial charge < -0.3 is 9.80 Å². The molecule has 0 saturated carbocycles. The van der Waals surface area contributed by atoms with Crippen LogP contribution >= 0.6 is 34.8 Å². The van der Waals surface area contributed by atoms with E-state index in [0.29, 0.717) is 17.0 Å². The predicted molar refractivity (Wildman–Crippen MR) is 131 cm³/mol. The van der Waals surface area contributed by atoms with E-state index in [1.807, 2.05) is 0 Å². The zero-order valence-corrected chi connectivity index (χ0v) is 22.8. The fourth-order valence-corrected chi connectivity index (χ4v) is 4.06. The Bertz CT molecular complexity index is 1320. The molecule has 41 heavy (non-hydrogen) atoms. The highest BCUT2D eigenvalue weighted by molar-refractivity contribution is 6.48. The monoisotopic (exact) mass is 660 g/mol. The van der Waals surface area contributed by atoms with Gasteiger partial charge in [0.25, 0.3) is 5.91 Å². The van der Waals surface area contributed by atoms with Crippen LogP contribution in [0.1, 0.15) is 33.0 Å². The highest BCUT2D eigenvalue weighted by Gasteiger charge is 2.41. The molecule has 0 aliphatic rings. The van der Waals surface area contributed by atoms with E-state index < -0.39 is 87.5 Å². The molecular weight excluding hydrogens is 645 g/mol. The van der Waals surface area contributed by atoms with Crippen LogP contribution in [0.25, 0.3) is 5.83 Å². The molecule has 4 nitrogen and oxygen atoms in total. The van der Waals surface area contributed by atoms with Crippen molar-refractivity contribution in [2.24, 2.45) is 0 Å². The largest absolute Gasteiger partial charge is 0.417 e. The number of hydrogen-bond donors (Lipinski definition) is 0. The standard InChI is InChI=1S/C24H17Cl3F10N2O2/c1-38(9-19(40)39(2)10-22(29,30)31)21(41)13-4-3-11(5-15(13)24(35,36)37)18(28)8-14(23(32,33)34)12-6-16(25)20(27)17(26)7-12/h3-8,14H,9-10H2,1-2H3. The molecule has 0 radical (unpaired) electrons. The first-order valence-electron chi connectivity index (χ1n) is 10.9. The highest BCUT2D eigenvalue weighted by atomic mass is 35.5. The first kappa shape index (κ1) is 34.5. The minimum absolute atomic E-state index is 0.0197. The van der Waals surface area contributed by atoms with Crippen molar-refractivity contribution in [1.82, 2.24) is 9.80 Å². The van der Waals surface area contributed by atoms with Gasteiger partial charge >= 0.3 is 18.5 Å². The van der Waals surface area contributed by atoms with Crippen LogP contribution in [0.4, 0.5) is 43.9 Å². The van der Waals surface area contributed by atoms with Crippen LogP contribution in [0, 0.1) is 0 Å². The van der Waals surface area contributed by atoms with E-state index in [9.17, 15) is 49.1 Å². The van der Waals surface area contributed by atoms with Crippen molar-refractivity contribution >= 4 is 52.4 Å². The highest BCUT2D eigenvalue weighted by Crippen LogP contribution is 2.43. The summed E-state index contributed by atoms with van der Waals surface area (Å²) in [6.45, 7) is -2.73. The van der Waals surface area contributed by atoms with Gasteiger partial charge in [-0.3, -0.25) is 9.59 Å². The van der Waals surface area contributed by atoms with Crippen LogP contribution in [0.2, 0.25) is 15.1 Å². The molecule has 0 fully saturated rings. The minimum atomic E-state index is -5.33. The molecule has 0 saturated heterocycles. The normalized spacial score (nSPS) is 13.7. The topological polar surface area (TPSA) is 40.6 Å². The molecule has 2 aromatic carbocycles. The number of hydrogen-bond acceptors (Lipinski definition) is 2. The van der Waals surface area contributed by atoms with Crippen molar-refractivity contribution in [3.63, 3.8) is 0 Å². The van der Waals surface area contributed by atoms with Crippen LogP contribution in [-0.4, -0.2) is 61.2 Å². The molecule has 2 amide bonds. The van der Waals surface area contributed by atoms with Gasteiger partial charge in [0.05, 0.1) is 32.7 Å². The van der Waals surface area contributed by atoms with Crippen molar-refractivity contribution in [1.29, 1.82) is 0 Å². The fourth-order valence-electron chi connectivity index (χ4n) is 3.45. The van der Waals surface area contributed by atoms with E-state index in [2.05, 4.69) is 0 Å². The molecule has 0 spiro atoms. The number of alkyl halides is 9. The van der Waals surface area contributed by atoms with Crippen LogP contribution in [0.3, 0.4) is 0 Å². The number of allylic oxidation sites excluding steroid dienone is 1. The molecule has 0 aromatic heterocycles. The third kappa shape index (κ3) is 9.14. The summed E-state index contributed by atoms with van der Waals surface area (Å²) in [5, 5.41) is -1.07. The van der Waals surface area contributed by atoms with Crippen molar-refractivity contribution in [2.45, 2.75) is 24.4 Å². The van der Waals surface area contributed by atoms with Gasteiger partial charge in [-0.2, -0.15) is 39.5 Å². The lowest BCUT2D eigenvalue weighted by Gasteiger charge is -2.24. The smallest absolute Gasteiger partial charge is 0.335 e. The molecule has 0 bridgehead atoms. The maximum atomic E-state index is 15.0. The van der Waals surface area contributed by atoms with Crippen molar-refractivity contribution in [3.05, 3.63) is 73.7 Å². The van der Waals surface area contributed by atoms with E-state index in [1.165, 1.54) is 0 Å². The summed E-state index contributed by atoms with van der Waals surface area (Å²) in [5.74, 6) is -7.20. The van der Waals surface area contributed by atoms with E-state index >= 15 is 4.39 Å². The fraction of sp³-hybridized carbons (Fsp3) is 0.333. The quantitative estimate of drug-likeness (QED) is 0.221. The number of halogens is 13. The van der Waals surface area contributed by atoms with Crippen molar-refractivity contribution in [2.75, 3.05) is 27.2 Å². The average Bonchev–Trinajstić information content (AvgIpc) is 2.82. The maximum absolute atomic E-state index is 15.0. The second-order valence-electron chi connectivity index (χ2n) is 8.62. The average molecular weight is 662 g/mol. The number of amides is 2. The molecule has 0 aliphatic carbocycles. The lowest BCUT2D eigenvalue weighted by atomic mass is 9.95. The third-order valence-electron chi connectivity index (χ3n) is 5.42. The molecule has 1 unspecified atom stereocenters. The van der Waals surface area contributed by atoms with Crippen LogP contribution in [-0.2, 0) is 11.0 Å². The third-order valence-corrected chi connectivity index (χ3v) is 6.62. The van der Waals surface area contributed by atoms with Gasteiger partial charge in [0.2, 0.25) is 5.91 Å². The zero-order valence-electron chi connectivity index (χ0n) is 20.6. The summed E-state index contributed by atoms with van der Waals surface area (Å²) in [5.41, 5.74) is -4.56. The number of likely N-dealkylation sites (N-methyl/N-ethyl adjacent to an activating group) is 2. The van der Waals surface area contributed by atoms with Crippen LogP contribution in [0.15, 0.2) is 36.4 Å². The lowest BCUT2D eigenvalue weighted by molar-refractivity contribution is -0.158. The number of benzene rings is 2. The second kappa shape index (κ2) is 12.7. The number of nitrogens with zero attached hydrogens (tertiary/aromatic N) is 2. The molecule has 17 heteroatoms. The molecule has 0 heterocycles. The van der Waals surface area contributed by atoms with Crippen molar-refractivity contribution < 1.29 is 53.5 Å². The van der Waals surface area contributed by atoms with Crippen LogP contribution in [0.5, 0.6) is 0 Å². The Hall–Kier alpha value is -2.71. The Kier molecular flexibility index (Phi) is 10.6. The van der Waals surface area contributed by atoms with Gasteiger partial charge in [0.15, 0.2) is 0 Å². The molecule has 2 aromatic rings. The van der Waals surface area contributed by atoms with Gasteiger partial charge in [-0.05, 0) is 35.9 Å². The predicted octanol–water partition coefficient (Wildman–Crippen LogP) is 8.41. The molecule has 0 N–H and O–H groups in total. The van der Waals surface area contributed by atoms with Gasteiger partial charge in [0, 0.05) is 19.7 Å². The SMILES string of the molecule is CN(CC(F)(F)F)C(=O)CN(C)C(=O)c1ccc(C(F)=CC(c2cc(Cl)c(Cl)c(Cl)c2)C(F)(F)F)cc1C(F)(F)F. The second-order valence-corrected chi connectivity index (χ2v) is 9.81. The Labute approximate surface area is 241 Å². The van der Waals surface area contributed by atoms with E-state index in [-0.39, 0.29) is 22.1 Å². The van der Waals surface area contributed by atoms with Gasteiger partial charge in [-0.15, -0.1) is 0 Å². The Morgan fingerprint density at radius 2 is 1.41 bits per heavy atom. The lowest BCUT2D eigenvalue weighted by Crippen LogP contribution is -2.43. The summed E-state index contributed by atoms with van der Waals surface area (Å²) >= 11 is 17.2. The Balaban J connectivity index is 2.48. The van der Waals surface area contributed by atoms with Crippen LogP contribution < -0.4 is 0 Å². The Morgan fingerprint density at radius 3 is 1.88 bits per heavy atom. The summed E-state index contributed by atoms with van der Waals surface area (Å²) in [4.78, 5) is 25.3. The van der Waals surface area contributed by atoms with E-state index in [4.69, 9.17) is 34.8 Å². The number of carbonyl (C=O) groups is 2. The number of carbonyl (C=O) groups excluding carboxylic acids is 2. The first-order valence-corrected chi connectivity index (χ1v) is 12.0. The molecular formula is C24H17Cl3F10N2O2. The zero-order chi connectivity index (χ0) is 31.7. The van der Waals surface area contributed by atoms with Gasteiger partial charge in [0.1, 0.15) is 18.3 Å². The summed E-state index contributed by atoms with van der Waals surface area (Å²) in [7, 11) is 1.60. The first-order chi connectivity index (χ1) is 18.5. The van der Waals surface area contributed by atoms with E-state index in [1.54, 1.807) is 0 Å². The minimum Gasteiger partial charge on any atom is -0.335 e. The van der Waals surface area contributed by atoms with E-state index in [0.717, 1.165) is 26.2 Å². The molecule has 226 valence electrons. The molecule has 2 rings (SSSR count). The Morgan fingerprint density at radius 1 is 0.878 bits per heavy atom. The maximum Gasteiger partial charge on any atom is 0.417 e. The van der Waals surface area contributed by atoms with Crippen molar-refractivity contribution in [3.8, 4) is 0 Å². The summed E-state index contributed by atoms with van der Waals surface area (Å²) in [6, 6.07) is 2.65. The molecule has 1 atom stereocenters. The molecule has 0 aliphatic heterocycles. The summed E-state index contributed by atoms with van der Waals surface area (Å²) in [6.07, 6.45) is -15.3. The van der Waals surface area contributed by atoms with Gasteiger partial charge in [-0.1, -0.05) is 40.9 Å². The summed E-state index contributed by atoms with van der Waals surface area (Å²) < 4.78 is 135. The van der Waals surface area contributed by atoms with Gasteiger partial charge in [-0.25, -0.2) is 4.39 Å².